The van der Waals surface area contributed by atoms with E-state index in [1.54, 1.807) is 6.07 Å². The molecular weight excluding hydrogens is 258 g/mol. The molecule has 0 unspecified atom stereocenters. The van der Waals surface area contributed by atoms with E-state index in [4.69, 9.17) is 16.2 Å². The second-order valence-corrected chi connectivity index (χ2v) is 4.46. The van der Waals surface area contributed by atoms with Crippen LogP contribution in [0.2, 0.25) is 0 Å². The van der Waals surface area contributed by atoms with Gasteiger partial charge in [0.2, 0.25) is 11.8 Å². The number of rotatable bonds is 8. The van der Waals surface area contributed by atoms with E-state index in [-0.39, 0.29) is 18.9 Å². The van der Waals surface area contributed by atoms with Crippen molar-refractivity contribution in [3.05, 3.63) is 23.8 Å². The topological polar surface area (TPSA) is 107 Å². The molecule has 0 aliphatic carbocycles. The van der Waals surface area contributed by atoms with Crippen LogP contribution in [0.1, 0.15) is 25.3 Å². The van der Waals surface area contributed by atoms with Crippen LogP contribution in [0.5, 0.6) is 5.75 Å². The van der Waals surface area contributed by atoms with Crippen LogP contribution >= 0.6 is 0 Å². The van der Waals surface area contributed by atoms with Crippen molar-refractivity contribution in [1.82, 2.24) is 5.32 Å². The summed E-state index contributed by atoms with van der Waals surface area (Å²) < 4.78 is 5.53. The third kappa shape index (κ3) is 5.60. The highest BCUT2D eigenvalue weighted by Crippen LogP contribution is 2.23. The number of primary amides is 1. The zero-order chi connectivity index (χ0) is 15.0. The fourth-order valence-electron chi connectivity index (χ4n) is 1.60. The predicted molar refractivity (Wildman–Crippen MR) is 77.2 cm³/mol. The van der Waals surface area contributed by atoms with Crippen LogP contribution in [0, 0.1) is 0 Å². The van der Waals surface area contributed by atoms with Crippen LogP contribution < -0.4 is 21.5 Å². The standard InChI is InChI=1S/C14H21N3O3/c1-2-7-20-12-8-10(3-5-11(12)15)4-6-14(19)17-9-13(16)18/h3,5,8H,2,4,6-7,9,15H2,1H3,(H2,16,18)(H,17,19). The smallest absolute Gasteiger partial charge is 0.236 e. The number of amides is 2. The number of benzene rings is 1. The normalized spacial score (nSPS) is 10.1. The summed E-state index contributed by atoms with van der Waals surface area (Å²) in [5, 5.41) is 2.44. The van der Waals surface area contributed by atoms with Crippen LogP contribution in [0.25, 0.3) is 0 Å². The molecule has 5 N–H and O–H groups in total. The Balaban J connectivity index is 2.51. The lowest BCUT2D eigenvalue weighted by molar-refractivity contribution is -0.124. The highest BCUT2D eigenvalue weighted by Gasteiger charge is 2.06. The highest BCUT2D eigenvalue weighted by molar-refractivity contribution is 5.83. The quantitative estimate of drug-likeness (QED) is 0.605. The van der Waals surface area contributed by atoms with Gasteiger partial charge in [0.1, 0.15) is 5.75 Å². The lowest BCUT2D eigenvalue weighted by Gasteiger charge is -2.10. The van der Waals surface area contributed by atoms with Crippen molar-refractivity contribution in [3.63, 3.8) is 0 Å². The summed E-state index contributed by atoms with van der Waals surface area (Å²) in [6, 6.07) is 5.46. The van der Waals surface area contributed by atoms with Gasteiger partial charge < -0.3 is 21.5 Å². The van der Waals surface area contributed by atoms with Crippen LogP contribution in [0.15, 0.2) is 18.2 Å². The zero-order valence-corrected chi connectivity index (χ0v) is 11.6. The maximum Gasteiger partial charge on any atom is 0.236 e. The minimum absolute atomic E-state index is 0.133. The van der Waals surface area contributed by atoms with Gasteiger partial charge in [-0.25, -0.2) is 0 Å². The van der Waals surface area contributed by atoms with Crippen molar-refractivity contribution < 1.29 is 14.3 Å². The highest BCUT2D eigenvalue weighted by atomic mass is 16.5. The Hall–Kier alpha value is -2.24. The minimum atomic E-state index is -0.555. The summed E-state index contributed by atoms with van der Waals surface area (Å²) >= 11 is 0. The van der Waals surface area contributed by atoms with Gasteiger partial charge in [-0.15, -0.1) is 0 Å². The lowest BCUT2D eigenvalue weighted by Crippen LogP contribution is -2.33. The van der Waals surface area contributed by atoms with Gasteiger partial charge >= 0.3 is 0 Å². The van der Waals surface area contributed by atoms with E-state index < -0.39 is 5.91 Å². The van der Waals surface area contributed by atoms with E-state index in [0.29, 0.717) is 24.5 Å². The van der Waals surface area contributed by atoms with Gasteiger partial charge in [-0.1, -0.05) is 13.0 Å². The number of anilines is 1. The van der Waals surface area contributed by atoms with Crippen molar-refractivity contribution in [2.24, 2.45) is 5.73 Å². The molecule has 6 heteroatoms. The van der Waals surface area contributed by atoms with E-state index in [1.807, 2.05) is 19.1 Å². The second kappa shape index (κ2) is 8.04. The van der Waals surface area contributed by atoms with Gasteiger partial charge in [-0.2, -0.15) is 0 Å². The molecule has 20 heavy (non-hydrogen) atoms. The Morgan fingerprint density at radius 3 is 2.75 bits per heavy atom. The molecule has 0 saturated heterocycles. The van der Waals surface area contributed by atoms with Gasteiger partial charge in [0.05, 0.1) is 18.8 Å². The molecule has 0 saturated carbocycles. The molecule has 0 heterocycles. The summed E-state index contributed by atoms with van der Waals surface area (Å²) in [5.74, 6) is -0.125. The summed E-state index contributed by atoms with van der Waals surface area (Å²) in [6.45, 7) is 2.49. The van der Waals surface area contributed by atoms with E-state index in [0.717, 1.165) is 12.0 Å². The summed E-state index contributed by atoms with van der Waals surface area (Å²) in [6.07, 6.45) is 1.73. The molecule has 0 atom stereocenters. The van der Waals surface area contributed by atoms with Crippen molar-refractivity contribution in [2.45, 2.75) is 26.2 Å². The molecule has 0 aliphatic rings. The van der Waals surface area contributed by atoms with Crippen LogP contribution in [-0.4, -0.2) is 25.0 Å². The van der Waals surface area contributed by atoms with Gasteiger partial charge in [0.25, 0.3) is 0 Å². The molecule has 110 valence electrons. The third-order valence-electron chi connectivity index (χ3n) is 2.64. The first-order valence-electron chi connectivity index (χ1n) is 6.59. The van der Waals surface area contributed by atoms with Gasteiger partial charge in [0, 0.05) is 6.42 Å². The predicted octanol–water partition coefficient (Wildman–Crippen LogP) is 0.592. The molecule has 1 aromatic rings. The molecule has 0 aromatic heterocycles. The number of hydrogen-bond acceptors (Lipinski definition) is 4. The van der Waals surface area contributed by atoms with Gasteiger partial charge in [-0.3, -0.25) is 9.59 Å². The summed E-state index contributed by atoms with van der Waals surface area (Å²) in [7, 11) is 0. The van der Waals surface area contributed by atoms with Crippen LogP contribution in [0.3, 0.4) is 0 Å². The molecule has 0 bridgehead atoms. The molecule has 0 spiro atoms. The molecule has 0 fully saturated rings. The van der Waals surface area contributed by atoms with Crippen LogP contribution in [-0.2, 0) is 16.0 Å². The SMILES string of the molecule is CCCOc1cc(CCC(=O)NCC(N)=O)ccc1N. The minimum Gasteiger partial charge on any atom is -0.491 e. The molecule has 0 aliphatic heterocycles. The third-order valence-corrected chi connectivity index (χ3v) is 2.64. The van der Waals surface area contributed by atoms with Crippen molar-refractivity contribution >= 4 is 17.5 Å². The average molecular weight is 279 g/mol. The molecule has 2 amide bonds. The monoisotopic (exact) mass is 279 g/mol. The molecule has 6 nitrogen and oxygen atoms in total. The molecule has 1 rings (SSSR count). The maximum absolute atomic E-state index is 11.5. The number of hydrogen-bond donors (Lipinski definition) is 3. The Morgan fingerprint density at radius 2 is 2.10 bits per heavy atom. The Bertz CT molecular complexity index is 475. The fourth-order valence-corrected chi connectivity index (χ4v) is 1.60. The van der Waals surface area contributed by atoms with E-state index in [1.165, 1.54) is 0 Å². The molecule has 0 radical (unpaired) electrons. The molecular formula is C14H21N3O3. The largest absolute Gasteiger partial charge is 0.491 e. The first-order chi connectivity index (χ1) is 9.52. The second-order valence-electron chi connectivity index (χ2n) is 4.46. The van der Waals surface area contributed by atoms with Crippen molar-refractivity contribution in [3.8, 4) is 5.75 Å². The number of nitrogen functional groups attached to an aromatic ring is 1. The average Bonchev–Trinajstić information content (AvgIpc) is 2.42. The Morgan fingerprint density at radius 1 is 1.35 bits per heavy atom. The van der Waals surface area contributed by atoms with E-state index in [2.05, 4.69) is 5.32 Å². The van der Waals surface area contributed by atoms with Crippen LogP contribution in [0.4, 0.5) is 5.69 Å². The molecule has 1 aromatic carbocycles. The van der Waals surface area contributed by atoms with Crippen molar-refractivity contribution in [1.29, 1.82) is 0 Å². The summed E-state index contributed by atoms with van der Waals surface area (Å²) in [4.78, 5) is 22.0. The maximum atomic E-state index is 11.5. The fraction of sp³-hybridized carbons (Fsp3) is 0.429. The van der Waals surface area contributed by atoms with Gasteiger partial charge in [0.15, 0.2) is 0 Å². The van der Waals surface area contributed by atoms with E-state index >= 15 is 0 Å². The number of ether oxygens (including phenoxy) is 1. The number of nitrogens with one attached hydrogen (secondary N) is 1. The number of aryl methyl sites for hydroxylation is 1. The first-order valence-corrected chi connectivity index (χ1v) is 6.59. The Labute approximate surface area is 118 Å². The van der Waals surface area contributed by atoms with E-state index in [9.17, 15) is 9.59 Å². The lowest BCUT2D eigenvalue weighted by atomic mass is 10.1. The zero-order valence-electron chi connectivity index (χ0n) is 11.6. The number of carbonyl (C=O) groups is 2. The Kier molecular flexibility index (Phi) is 6.36. The number of nitrogens with two attached hydrogens (primary N) is 2. The number of carbonyl (C=O) groups excluding carboxylic acids is 2. The van der Waals surface area contributed by atoms with Gasteiger partial charge in [-0.05, 0) is 30.5 Å². The first kappa shape index (κ1) is 15.8. The van der Waals surface area contributed by atoms with Crippen molar-refractivity contribution in [2.75, 3.05) is 18.9 Å². The summed E-state index contributed by atoms with van der Waals surface area (Å²) in [5.41, 5.74) is 12.3.